The number of hydrogen-bond acceptors (Lipinski definition) is 10. The molecule has 0 aromatic carbocycles. The minimum Gasteiger partial charge on any atom is -0.462 e. The van der Waals surface area contributed by atoms with Gasteiger partial charge in [0.1, 0.15) is 0 Å². The molecule has 0 aliphatic heterocycles. The van der Waals surface area contributed by atoms with Gasteiger partial charge in [-0.3, -0.25) is 30.4 Å². The van der Waals surface area contributed by atoms with Crippen LogP contribution in [0.2, 0.25) is 0 Å². The third-order valence-corrected chi connectivity index (χ3v) is 6.51. The number of nitrogens with one attached hydrogen (secondary N) is 2. The van der Waals surface area contributed by atoms with Crippen LogP contribution in [0.25, 0.3) is 0 Å². The lowest BCUT2D eigenvalue weighted by Crippen LogP contribution is -2.31. The monoisotopic (exact) mass is 610 g/mol. The van der Waals surface area contributed by atoms with Gasteiger partial charge < -0.3 is 9.47 Å². The fourth-order valence-corrected chi connectivity index (χ4v) is 4.79. The second-order valence-corrected chi connectivity index (χ2v) is 11.1. The van der Waals surface area contributed by atoms with Crippen molar-refractivity contribution in [3.63, 3.8) is 0 Å². The first-order valence-corrected chi connectivity index (χ1v) is 14.2. The van der Waals surface area contributed by atoms with Crippen molar-refractivity contribution in [1.82, 2.24) is 20.8 Å². The lowest BCUT2D eigenvalue weighted by atomic mass is 9.74. The van der Waals surface area contributed by atoms with Gasteiger partial charge in [-0.1, -0.05) is 38.2 Å². The van der Waals surface area contributed by atoms with E-state index in [4.69, 9.17) is 21.2 Å². The first-order chi connectivity index (χ1) is 20.5. The van der Waals surface area contributed by atoms with Gasteiger partial charge in [0.25, 0.3) is 11.8 Å². The summed E-state index contributed by atoms with van der Waals surface area (Å²) >= 11 is 0. The molecular weight excluding hydrogens is 564 g/mol. The van der Waals surface area contributed by atoms with Gasteiger partial charge in [-0.25, -0.2) is 21.3 Å². The highest BCUT2D eigenvalue weighted by atomic mass is 16.5. The summed E-state index contributed by atoms with van der Waals surface area (Å²) in [5, 5.41) is 0. The Bertz CT molecular complexity index is 1310. The van der Waals surface area contributed by atoms with Crippen molar-refractivity contribution in [2.75, 3.05) is 13.2 Å². The van der Waals surface area contributed by atoms with Crippen molar-refractivity contribution in [1.29, 1.82) is 0 Å². The fraction of sp³-hybridized carbons (Fsp3) is 0.438. The van der Waals surface area contributed by atoms with Gasteiger partial charge in [0.15, 0.2) is 0 Å². The highest BCUT2D eigenvalue weighted by Gasteiger charge is 2.25. The Kier molecular flexibility index (Phi) is 14.5. The van der Waals surface area contributed by atoms with Crippen LogP contribution in [0.1, 0.15) is 111 Å². The Labute approximate surface area is 259 Å². The van der Waals surface area contributed by atoms with Crippen LogP contribution in [0.15, 0.2) is 36.4 Å². The molecule has 2 aromatic heterocycles. The summed E-state index contributed by atoms with van der Waals surface area (Å²) in [5.74, 6) is 8.14. The summed E-state index contributed by atoms with van der Waals surface area (Å²) in [6.07, 6.45) is 3.40. The van der Waals surface area contributed by atoms with E-state index in [0.717, 1.165) is 6.42 Å². The number of aryl methyl sites for hydroxylation is 4. The zero-order chi connectivity index (χ0) is 33.8. The Balaban J connectivity index is 0.000000342. The van der Waals surface area contributed by atoms with E-state index in [-0.39, 0.29) is 35.5 Å². The molecule has 1 fully saturated rings. The van der Waals surface area contributed by atoms with Crippen LogP contribution in [0, 0.1) is 33.1 Å². The number of esters is 2. The van der Waals surface area contributed by atoms with Crippen LogP contribution in [0.5, 0.6) is 0 Å². The topological polar surface area (TPSA) is 189 Å². The Hall–Kier alpha value is -4.42. The predicted octanol–water partition coefficient (Wildman–Crippen LogP) is 4.27. The van der Waals surface area contributed by atoms with E-state index in [1.54, 1.807) is 41.5 Å². The summed E-state index contributed by atoms with van der Waals surface area (Å²) in [4.78, 5) is 54.4. The van der Waals surface area contributed by atoms with E-state index in [2.05, 4.69) is 37.0 Å². The number of nitrogens with two attached hydrogens (primary N) is 2. The third kappa shape index (κ3) is 11.0. The number of rotatable bonds is 6. The number of pyridine rings is 2. The molecule has 0 unspecified atom stereocenters. The molecule has 1 aliphatic rings. The maximum absolute atomic E-state index is 11.6. The van der Waals surface area contributed by atoms with Gasteiger partial charge >= 0.3 is 11.9 Å². The first-order valence-electron chi connectivity index (χ1n) is 14.2. The Morgan fingerprint density at radius 3 is 1.32 bits per heavy atom. The van der Waals surface area contributed by atoms with Crippen molar-refractivity contribution in [3.8, 4) is 0 Å². The fourth-order valence-electron chi connectivity index (χ4n) is 4.79. The normalized spacial score (nSPS) is 13.3. The van der Waals surface area contributed by atoms with E-state index in [0.29, 0.717) is 28.2 Å². The van der Waals surface area contributed by atoms with Crippen LogP contribution in [-0.4, -0.2) is 46.9 Å². The molecule has 0 spiro atoms. The van der Waals surface area contributed by atoms with Gasteiger partial charge in [0, 0.05) is 0 Å². The van der Waals surface area contributed by atoms with E-state index in [1.165, 1.54) is 36.1 Å². The van der Waals surface area contributed by atoms with Gasteiger partial charge in [0.2, 0.25) is 0 Å². The van der Waals surface area contributed by atoms with Gasteiger partial charge in [-0.15, -0.1) is 0 Å². The summed E-state index contributed by atoms with van der Waals surface area (Å²) < 4.78 is 9.75. The molecule has 12 heteroatoms. The number of hydrazine groups is 2. The lowest BCUT2D eigenvalue weighted by molar-refractivity contribution is 0.0515. The van der Waals surface area contributed by atoms with Crippen molar-refractivity contribution < 1.29 is 28.7 Å². The van der Waals surface area contributed by atoms with Crippen LogP contribution >= 0.6 is 0 Å². The van der Waals surface area contributed by atoms with Gasteiger partial charge in [-0.05, 0) is 78.4 Å². The van der Waals surface area contributed by atoms with Crippen molar-refractivity contribution in [2.45, 2.75) is 74.7 Å². The second-order valence-electron chi connectivity index (χ2n) is 11.1. The molecule has 44 heavy (non-hydrogen) atoms. The molecule has 2 aromatic rings. The maximum Gasteiger partial charge on any atom is 0.339 e. The highest BCUT2D eigenvalue weighted by molar-refractivity contribution is 5.99. The van der Waals surface area contributed by atoms with E-state index in [1.807, 2.05) is 10.9 Å². The van der Waals surface area contributed by atoms with Gasteiger partial charge in [0.05, 0.1) is 58.2 Å². The summed E-state index contributed by atoms with van der Waals surface area (Å²) in [6, 6.07) is 2.88. The molecule has 2 amide bonds. The van der Waals surface area contributed by atoms with E-state index >= 15 is 0 Å². The van der Waals surface area contributed by atoms with Gasteiger partial charge in [-0.2, -0.15) is 0 Å². The number of ether oxygens (including phenoxy) is 2. The molecule has 0 radical (unpaired) electrons. The number of nitrogens with zero attached hydrogens (tertiary/aromatic N) is 2. The molecule has 6 N–H and O–H groups in total. The highest BCUT2D eigenvalue weighted by Crippen LogP contribution is 2.39. The van der Waals surface area contributed by atoms with Crippen LogP contribution in [0.4, 0.5) is 0 Å². The van der Waals surface area contributed by atoms with E-state index in [9.17, 15) is 19.2 Å². The summed E-state index contributed by atoms with van der Waals surface area (Å²) in [5.41, 5.74) is 10.3. The number of carbonyl (C=O) groups is 4. The molecule has 3 rings (SSSR count). The molecular formula is C32H46N6O6. The number of allylic oxidation sites excluding steroid dienone is 2. The summed E-state index contributed by atoms with van der Waals surface area (Å²) in [7, 11) is 0. The molecule has 12 nitrogen and oxygen atoms in total. The molecule has 0 saturated heterocycles. The van der Waals surface area contributed by atoms with Crippen molar-refractivity contribution in [3.05, 3.63) is 81.5 Å². The maximum atomic E-state index is 11.6. The molecule has 240 valence electrons. The van der Waals surface area contributed by atoms with Crippen LogP contribution in [0.3, 0.4) is 0 Å². The SMILES string of the molecule is C=C1CC(=C)CC(C)(C)C1.CCOC(=O)c1cc(C(=O)NN)c(C)nc1C.CCOC(=O)c1cc(C(=O)NN)c(C)nc1C. The number of hydrogen-bond donors (Lipinski definition) is 4. The zero-order valence-electron chi connectivity index (χ0n) is 27.1. The lowest BCUT2D eigenvalue weighted by Gasteiger charge is -2.32. The molecule has 2 heterocycles. The minimum atomic E-state index is -0.497. The average molecular weight is 611 g/mol. The van der Waals surface area contributed by atoms with Crippen molar-refractivity contribution >= 4 is 23.8 Å². The smallest absolute Gasteiger partial charge is 0.339 e. The predicted molar refractivity (Wildman–Crippen MR) is 169 cm³/mol. The quantitative estimate of drug-likeness (QED) is 0.121. The Morgan fingerprint density at radius 1 is 0.727 bits per heavy atom. The second kappa shape index (κ2) is 17.0. The van der Waals surface area contributed by atoms with Crippen molar-refractivity contribution in [2.24, 2.45) is 17.1 Å². The Morgan fingerprint density at radius 2 is 1.05 bits per heavy atom. The van der Waals surface area contributed by atoms with E-state index < -0.39 is 23.8 Å². The molecule has 0 bridgehead atoms. The van der Waals surface area contributed by atoms with Crippen LogP contribution in [-0.2, 0) is 9.47 Å². The first kappa shape index (κ1) is 37.6. The molecule has 0 atom stereocenters. The number of aromatic nitrogens is 2. The minimum absolute atomic E-state index is 0.265. The zero-order valence-corrected chi connectivity index (χ0v) is 27.1. The molecule has 1 saturated carbocycles. The average Bonchev–Trinajstić information content (AvgIpc) is 2.92. The third-order valence-electron chi connectivity index (χ3n) is 6.51. The number of nitrogen functional groups attached to an aromatic ring is 2. The standard InChI is InChI=1S/2C11H15N3O3.C10H16/c2*1-4-17-11(16)9-5-8(10(15)14-12)6(2)13-7(9)3;1-8-5-9(2)7-10(3,4)6-8/h2*5H,4,12H2,1-3H3,(H,14,15);1-2,5-7H2,3-4H3. The van der Waals surface area contributed by atoms with Crippen LogP contribution < -0.4 is 22.5 Å². The summed E-state index contributed by atoms with van der Waals surface area (Å²) in [6.45, 7) is 23.2. The number of amides is 2. The molecule has 1 aliphatic carbocycles. The number of carbonyl (C=O) groups excluding carboxylic acids is 4. The largest absolute Gasteiger partial charge is 0.462 e.